The topological polar surface area (TPSA) is 74.7 Å². The Labute approximate surface area is 167 Å². The Kier molecular flexibility index (Phi) is 5.19. The van der Waals surface area contributed by atoms with Gasteiger partial charge >= 0.3 is 0 Å². The largest absolute Gasteiger partial charge is 0.504 e. The SMILES string of the molecule is CC(C)NC(=O)CN1CCOc2c(O)cc(-c3nc4ccccc4s3)cc2C1. The van der Waals surface area contributed by atoms with E-state index in [1.54, 1.807) is 17.4 Å². The highest BCUT2D eigenvalue weighted by atomic mass is 32.1. The van der Waals surface area contributed by atoms with Crippen molar-refractivity contribution in [3.05, 3.63) is 42.0 Å². The first kappa shape index (κ1) is 18.7. The van der Waals surface area contributed by atoms with Crippen LogP contribution in [0.5, 0.6) is 11.5 Å². The van der Waals surface area contributed by atoms with E-state index in [9.17, 15) is 9.90 Å². The van der Waals surface area contributed by atoms with Crippen molar-refractivity contribution in [1.29, 1.82) is 0 Å². The number of para-hydroxylation sites is 1. The molecular formula is C21H23N3O3S. The summed E-state index contributed by atoms with van der Waals surface area (Å²) in [6.07, 6.45) is 0. The van der Waals surface area contributed by atoms with Crippen LogP contribution in [-0.2, 0) is 11.3 Å². The predicted octanol–water partition coefficient (Wildman–Crippen LogP) is 3.39. The van der Waals surface area contributed by atoms with E-state index in [0.717, 1.165) is 26.4 Å². The van der Waals surface area contributed by atoms with Crippen LogP contribution < -0.4 is 10.1 Å². The van der Waals surface area contributed by atoms with Crippen LogP contribution in [0.1, 0.15) is 19.4 Å². The van der Waals surface area contributed by atoms with Gasteiger partial charge in [0.2, 0.25) is 5.91 Å². The van der Waals surface area contributed by atoms with Crippen LogP contribution in [0, 0.1) is 0 Å². The van der Waals surface area contributed by atoms with E-state index in [-0.39, 0.29) is 17.7 Å². The highest BCUT2D eigenvalue weighted by molar-refractivity contribution is 7.21. The van der Waals surface area contributed by atoms with E-state index in [2.05, 4.69) is 10.3 Å². The quantitative estimate of drug-likeness (QED) is 0.706. The number of rotatable bonds is 4. The average molecular weight is 398 g/mol. The number of hydrogen-bond acceptors (Lipinski definition) is 6. The van der Waals surface area contributed by atoms with Gasteiger partial charge in [-0.3, -0.25) is 9.69 Å². The van der Waals surface area contributed by atoms with Gasteiger partial charge in [0, 0.05) is 30.3 Å². The second-order valence-electron chi connectivity index (χ2n) is 7.25. The first-order valence-electron chi connectivity index (χ1n) is 9.36. The smallest absolute Gasteiger partial charge is 0.234 e. The fourth-order valence-corrected chi connectivity index (χ4v) is 4.33. The summed E-state index contributed by atoms with van der Waals surface area (Å²) < 4.78 is 6.89. The van der Waals surface area contributed by atoms with Crippen LogP contribution in [0.2, 0.25) is 0 Å². The van der Waals surface area contributed by atoms with Crippen LogP contribution in [-0.4, -0.2) is 46.6 Å². The van der Waals surface area contributed by atoms with Crippen molar-refractivity contribution in [2.75, 3.05) is 19.7 Å². The number of amides is 1. The maximum atomic E-state index is 12.1. The molecular weight excluding hydrogens is 374 g/mol. The van der Waals surface area contributed by atoms with Crippen molar-refractivity contribution in [2.45, 2.75) is 26.4 Å². The molecule has 0 saturated heterocycles. The lowest BCUT2D eigenvalue weighted by molar-refractivity contribution is -0.122. The fraction of sp³-hybridized carbons (Fsp3) is 0.333. The number of carbonyl (C=O) groups is 1. The Hall–Kier alpha value is -2.64. The molecule has 1 amide bonds. The molecule has 1 aromatic heterocycles. The molecule has 0 spiro atoms. The van der Waals surface area contributed by atoms with Gasteiger partial charge in [-0.15, -0.1) is 11.3 Å². The first-order valence-corrected chi connectivity index (χ1v) is 10.2. The van der Waals surface area contributed by atoms with Gasteiger partial charge in [-0.25, -0.2) is 4.98 Å². The van der Waals surface area contributed by atoms with E-state index >= 15 is 0 Å². The van der Waals surface area contributed by atoms with Crippen molar-refractivity contribution in [3.63, 3.8) is 0 Å². The summed E-state index contributed by atoms with van der Waals surface area (Å²) in [5, 5.41) is 14.3. The van der Waals surface area contributed by atoms with Crippen molar-refractivity contribution < 1.29 is 14.6 Å². The molecule has 2 aromatic carbocycles. The number of phenolic OH excluding ortho intramolecular Hbond substituents is 1. The van der Waals surface area contributed by atoms with E-state index < -0.39 is 0 Å². The zero-order valence-electron chi connectivity index (χ0n) is 15.9. The highest BCUT2D eigenvalue weighted by Gasteiger charge is 2.22. The molecule has 4 rings (SSSR count). The molecule has 6 nitrogen and oxygen atoms in total. The van der Waals surface area contributed by atoms with E-state index in [1.165, 1.54) is 0 Å². The predicted molar refractivity (Wildman–Crippen MR) is 111 cm³/mol. The van der Waals surface area contributed by atoms with Crippen molar-refractivity contribution in [3.8, 4) is 22.1 Å². The van der Waals surface area contributed by atoms with Gasteiger partial charge in [-0.2, -0.15) is 0 Å². The maximum Gasteiger partial charge on any atom is 0.234 e. The number of benzene rings is 2. The Bertz CT molecular complexity index is 982. The third kappa shape index (κ3) is 3.95. The lowest BCUT2D eigenvalue weighted by Crippen LogP contribution is -2.40. The van der Waals surface area contributed by atoms with Crippen LogP contribution in [0.15, 0.2) is 36.4 Å². The molecule has 0 unspecified atom stereocenters. The summed E-state index contributed by atoms with van der Waals surface area (Å²) in [6.45, 7) is 5.77. The van der Waals surface area contributed by atoms with Crippen molar-refractivity contribution >= 4 is 27.5 Å². The molecule has 3 aromatic rings. The molecule has 1 aliphatic heterocycles. The molecule has 0 radical (unpaired) electrons. The highest BCUT2D eigenvalue weighted by Crippen LogP contribution is 2.39. The van der Waals surface area contributed by atoms with Crippen LogP contribution in [0.25, 0.3) is 20.8 Å². The Morgan fingerprint density at radius 3 is 2.96 bits per heavy atom. The molecule has 28 heavy (non-hydrogen) atoms. The number of thiazole rings is 1. The van der Waals surface area contributed by atoms with Gasteiger partial charge in [0.1, 0.15) is 11.6 Å². The number of aromatic hydroxyl groups is 1. The van der Waals surface area contributed by atoms with Gasteiger partial charge < -0.3 is 15.2 Å². The van der Waals surface area contributed by atoms with Gasteiger partial charge in [0.15, 0.2) is 11.5 Å². The maximum absolute atomic E-state index is 12.1. The van der Waals surface area contributed by atoms with Crippen molar-refractivity contribution in [2.24, 2.45) is 0 Å². The number of hydrogen-bond donors (Lipinski definition) is 2. The molecule has 0 saturated carbocycles. The summed E-state index contributed by atoms with van der Waals surface area (Å²) in [5.74, 6) is 0.599. The van der Waals surface area contributed by atoms with Gasteiger partial charge in [-0.1, -0.05) is 12.1 Å². The molecule has 0 fully saturated rings. The molecule has 0 bridgehead atoms. The monoisotopic (exact) mass is 397 g/mol. The van der Waals surface area contributed by atoms with Gasteiger partial charge in [-0.05, 0) is 38.1 Å². The summed E-state index contributed by atoms with van der Waals surface area (Å²) >= 11 is 1.59. The number of aromatic nitrogens is 1. The zero-order valence-corrected chi connectivity index (χ0v) is 16.8. The third-order valence-corrected chi connectivity index (χ3v) is 5.64. The second-order valence-corrected chi connectivity index (χ2v) is 8.28. The Morgan fingerprint density at radius 1 is 1.36 bits per heavy atom. The van der Waals surface area contributed by atoms with E-state index in [4.69, 9.17) is 4.74 Å². The zero-order chi connectivity index (χ0) is 19.7. The third-order valence-electron chi connectivity index (χ3n) is 4.55. The normalized spacial score (nSPS) is 14.5. The Balaban J connectivity index is 1.63. The number of fused-ring (bicyclic) bond motifs is 2. The van der Waals surface area contributed by atoms with Crippen LogP contribution >= 0.6 is 11.3 Å². The van der Waals surface area contributed by atoms with E-state index in [1.807, 2.05) is 49.1 Å². The summed E-state index contributed by atoms with van der Waals surface area (Å²) in [6, 6.07) is 11.8. The fourth-order valence-electron chi connectivity index (χ4n) is 3.38. The molecule has 146 valence electrons. The lowest BCUT2D eigenvalue weighted by atomic mass is 10.1. The number of nitrogens with one attached hydrogen (secondary N) is 1. The molecule has 2 N–H and O–H groups in total. The van der Waals surface area contributed by atoms with Crippen LogP contribution in [0.3, 0.4) is 0 Å². The lowest BCUT2D eigenvalue weighted by Gasteiger charge is -2.19. The Morgan fingerprint density at radius 2 is 2.18 bits per heavy atom. The summed E-state index contributed by atoms with van der Waals surface area (Å²) in [5.41, 5.74) is 2.67. The summed E-state index contributed by atoms with van der Waals surface area (Å²) in [7, 11) is 0. The molecule has 0 aliphatic carbocycles. The number of ether oxygens (including phenoxy) is 1. The minimum Gasteiger partial charge on any atom is -0.504 e. The number of phenols is 1. The molecule has 7 heteroatoms. The van der Waals surface area contributed by atoms with Crippen LogP contribution in [0.4, 0.5) is 0 Å². The average Bonchev–Trinajstić information content (AvgIpc) is 2.96. The van der Waals surface area contributed by atoms with Crippen molar-refractivity contribution in [1.82, 2.24) is 15.2 Å². The van der Waals surface area contributed by atoms with E-state index in [0.29, 0.717) is 32.0 Å². The number of nitrogens with zero attached hydrogens (tertiary/aromatic N) is 2. The second kappa shape index (κ2) is 7.77. The summed E-state index contributed by atoms with van der Waals surface area (Å²) in [4.78, 5) is 18.9. The van der Waals surface area contributed by atoms with Gasteiger partial charge in [0.25, 0.3) is 0 Å². The molecule has 1 aliphatic rings. The first-order chi connectivity index (χ1) is 13.5. The number of carbonyl (C=O) groups excluding carboxylic acids is 1. The standard InChI is InChI=1S/C21H23N3O3S/c1-13(2)22-19(26)12-24-7-8-27-20-15(11-24)9-14(10-17(20)25)21-23-16-5-3-4-6-18(16)28-21/h3-6,9-10,13,25H,7-8,11-12H2,1-2H3,(H,22,26). The van der Waals surface area contributed by atoms with Gasteiger partial charge in [0.05, 0.1) is 16.8 Å². The molecule has 0 atom stereocenters. The minimum absolute atomic E-state index is 0.00926. The molecule has 2 heterocycles. The minimum atomic E-state index is -0.00926.